The predicted octanol–water partition coefficient (Wildman–Crippen LogP) is 4.86. The van der Waals surface area contributed by atoms with Gasteiger partial charge in [-0.25, -0.2) is 0 Å². The van der Waals surface area contributed by atoms with E-state index in [0.717, 1.165) is 16.9 Å². The second-order valence-corrected chi connectivity index (χ2v) is 6.91. The molecular weight excluding hydrogens is 334 g/mol. The fourth-order valence-electron chi connectivity index (χ4n) is 3.97. The Morgan fingerprint density at radius 3 is 2.41 bits per heavy atom. The number of allylic oxidation sites excluding steroid dienone is 2. The smallest absolute Gasteiger partial charge is 0.197 e. The predicted molar refractivity (Wildman–Crippen MR) is 106 cm³/mol. The van der Waals surface area contributed by atoms with Crippen LogP contribution >= 0.6 is 0 Å². The van der Waals surface area contributed by atoms with Crippen LogP contribution < -0.4 is 5.32 Å². The molecule has 1 aliphatic heterocycles. The van der Waals surface area contributed by atoms with Crippen LogP contribution in [0.4, 0.5) is 0 Å². The highest BCUT2D eigenvalue weighted by molar-refractivity contribution is 6.13. The molecule has 132 valence electrons. The lowest BCUT2D eigenvalue weighted by molar-refractivity contribution is 0.103. The second kappa shape index (κ2) is 6.53. The first-order chi connectivity index (χ1) is 13.3. The fourth-order valence-corrected chi connectivity index (χ4v) is 3.97. The maximum Gasteiger partial charge on any atom is 0.197 e. The van der Waals surface area contributed by atoms with E-state index in [1.807, 2.05) is 66.7 Å². The molecule has 2 heterocycles. The van der Waals surface area contributed by atoms with Crippen molar-refractivity contribution in [2.45, 2.75) is 18.5 Å². The van der Waals surface area contributed by atoms with Gasteiger partial charge in [0, 0.05) is 29.3 Å². The highest BCUT2D eigenvalue weighted by Gasteiger charge is 2.36. The number of hydrogen-bond donors (Lipinski definition) is 1. The van der Waals surface area contributed by atoms with Crippen molar-refractivity contribution in [2.24, 2.45) is 0 Å². The third-order valence-electron chi connectivity index (χ3n) is 5.29. The van der Waals surface area contributed by atoms with Gasteiger partial charge in [0.05, 0.1) is 11.5 Å². The highest BCUT2D eigenvalue weighted by Crippen LogP contribution is 2.41. The van der Waals surface area contributed by atoms with E-state index in [0.29, 0.717) is 23.4 Å². The van der Waals surface area contributed by atoms with Gasteiger partial charge in [-0.3, -0.25) is 4.79 Å². The third-order valence-corrected chi connectivity index (χ3v) is 5.29. The van der Waals surface area contributed by atoms with Crippen LogP contribution in [0.25, 0.3) is 11.3 Å². The molecule has 1 aromatic heterocycles. The summed E-state index contributed by atoms with van der Waals surface area (Å²) < 4.78 is 6.39. The molecule has 1 N–H and O–H groups in total. The van der Waals surface area contributed by atoms with Gasteiger partial charge < -0.3 is 9.73 Å². The number of furan rings is 1. The summed E-state index contributed by atoms with van der Waals surface area (Å²) in [6.07, 6.45) is 8.39. The Balaban J connectivity index is 1.71. The number of hydrogen-bond acceptors (Lipinski definition) is 3. The van der Waals surface area contributed by atoms with E-state index >= 15 is 0 Å². The molecule has 0 spiro atoms. The molecule has 2 aromatic carbocycles. The largest absolute Gasteiger partial charge is 0.459 e. The van der Waals surface area contributed by atoms with Gasteiger partial charge in [-0.2, -0.15) is 0 Å². The third kappa shape index (κ3) is 2.68. The number of carbonyl (C=O) groups is 1. The minimum atomic E-state index is 0.00929. The minimum Gasteiger partial charge on any atom is -0.459 e. The monoisotopic (exact) mass is 353 g/mol. The Morgan fingerprint density at radius 1 is 0.926 bits per heavy atom. The van der Waals surface area contributed by atoms with Gasteiger partial charge in [0.1, 0.15) is 11.5 Å². The van der Waals surface area contributed by atoms with Gasteiger partial charge in [0.15, 0.2) is 5.78 Å². The van der Waals surface area contributed by atoms with Crippen molar-refractivity contribution in [3.8, 4) is 11.3 Å². The first-order valence-corrected chi connectivity index (χ1v) is 9.22. The van der Waals surface area contributed by atoms with Crippen LogP contribution in [0.3, 0.4) is 0 Å². The summed E-state index contributed by atoms with van der Waals surface area (Å²) in [4.78, 5) is 13.4. The fraction of sp³-hybridized carbons (Fsp3) is 0.125. The van der Waals surface area contributed by atoms with Crippen LogP contribution in [0.1, 0.15) is 33.2 Å². The summed E-state index contributed by atoms with van der Waals surface area (Å²) in [5, 5.41) is 3.54. The van der Waals surface area contributed by atoms with E-state index in [4.69, 9.17) is 4.42 Å². The lowest BCUT2D eigenvalue weighted by Gasteiger charge is -2.29. The van der Waals surface area contributed by atoms with Gasteiger partial charge >= 0.3 is 0 Å². The number of benzene rings is 2. The summed E-state index contributed by atoms with van der Waals surface area (Å²) in [6, 6.07) is 19.5. The van der Waals surface area contributed by atoms with Crippen molar-refractivity contribution < 1.29 is 9.21 Å². The summed E-state index contributed by atoms with van der Waals surface area (Å²) in [5.74, 6) is 1.69. The maximum atomic E-state index is 13.4. The van der Waals surface area contributed by atoms with Crippen LogP contribution in [0.2, 0.25) is 0 Å². The number of nitrogens with one attached hydrogen (secondary N) is 1. The van der Waals surface area contributed by atoms with Crippen molar-refractivity contribution in [2.75, 3.05) is 0 Å². The van der Waals surface area contributed by atoms with Gasteiger partial charge in [-0.15, -0.1) is 0 Å². The molecule has 5 rings (SSSR count). The second-order valence-electron chi connectivity index (χ2n) is 6.91. The number of rotatable bonds is 3. The summed E-state index contributed by atoms with van der Waals surface area (Å²) in [6.45, 7) is 0.624. The first-order valence-electron chi connectivity index (χ1n) is 9.22. The Labute approximate surface area is 158 Å². The molecule has 3 nitrogen and oxygen atoms in total. The highest BCUT2D eigenvalue weighted by atomic mass is 16.3. The zero-order valence-corrected chi connectivity index (χ0v) is 14.8. The molecule has 1 aliphatic carbocycles. The molecule has 2 unspecified atom stereocenters. The van der Waals surface area contributed by atoms with E-state index in [9.17, 15) is 4.79 Å². The molecule has 0 saturated heterocycles. The Hall–Kier alpha value is -3.17. The number of carbonyl (C=O) groups excluding carboxylic acids is 1. The van der Waals surface area contributed by atoms with Gasteiger partial charge in [0.25, 0.3) is 0 Å². The zero-order chi connectivity index (χ0) is 18.2. The molecule has 0 radical (unpaired) electrons. The summed E-state index contributed by atoms with van der Waals surface area (Å²) in [5.41, 5.74) is 3.26. The molecule has 0 bridgehead atoms. The van der Waals surface area contributed by atoms with Gasteiger partial charge in [0.2, 0.25) is 0 Å². The maximum absolute atomic E-state index is 13.4. The van der Waals surface area contributed by atoms with E-state index < -0.39 is 0 Å². The molecule has 0 amide bonds. The van der Waals surface area contributed by atoms with Crippen molar-refractivity contribution in [3.63, 3.8) is 0 Å². The zero-order valence-electron chi connectivity index (χ0n) is 14.8. The molecule has 0 fully saturated rings. The standard InChI is InChI=1S/C24H19NO2/c26-22(16-9-3-1-4-10-16)21-19-15-25-20-14-8-7-13-18(20)24(19)27-23(21)17-11-5-2-6-12-17/h1-14,18,20,25H,15H2. The molecule has 3 aromatic rings. The van der Waals surface area contributed by atoms with Crippen molar-refractivity contribution in [3.05, 3.63) is 107 Å². The SMILES string of the molecule is O=C(c1ccccc1)c1c(-c2ccccc2)oc2c1CNC1C=CC=CC21. The van der Waals surface area contributed by atoms with E-state index in [-0.39, 0.29) is 17.7 Å². The van der Waals surface area contributed by atoms with Gasteiger partial charge in [-0.05, 0) is 0 Å². The van der Waals surface area contributed by atoms with Crippen molar-refractivity contribution >= 4 is 5.78 Å². The Morgan fingerprint density at radius 2 is 1.63 bits per heavy atom. The molecule has 2 atom stereocenters. The van der Waals surface area contributed by atoms with Crippen LogP contribution in [0.15, 0.2) is 89.4 Å². The number of ketones is 1. The topological polar surface area (TPSA) is 42.2 Å². The Kier molecular flexibility index (Phi) is 3.88. The molecular formula is C24H19NO2. The summed E-state index contributed by atoms with van der Waals surface area (Å²) >= 11 is 0. The van der Waals surface area contributed by atoms with Crippen LogP contribution in [0, 0.1) is 0 Å². The van der Waals surface area contributed by atoms with Crippen LogP contribution in [-0.4, -0.2) is 11.8 Å². The van der Waals surface area contributed by atoms with E-state index in [1.54, 1.807) is 0 Å². The average molecular weight is 353 g/mol. The molecule has 3 heteroatoms. The lowest BCUT2D eigenvalue weighted by Crippen LogP contribution is -2.37. The number of fused-ring (bicyclic) bond motifs is 3. The molecule has 2 aliphatic rings. The molecule has 27 heavy (non-hydrogen) atoms. The Bertz CT molecular complexity index is 1040. The lowest BCUT2D eigenvalue weighted by atomic mass is 9.85. The van der Waals surface area contributed by atoms with Crippen LogP contribution in [0.5, 0.6) is 0 Å². The normalized spacial score (nSPS) is 20.1. The van der Waals surface area contributed by atoms with Gasteiger partial charge in [-0.1, -0.05) is 85.0 Å². The van der Waals surface area contributed by atoms with E-state index in [2.05, 4.69) is 23.5 Å². The average Bonchev–Trinajstić information content (AvgIpc) is 3.14. The molecule has 0 saturated carbocycles. The van der Waals surface area contributed by atoms with Crippen LogP contribution in [-0.2, 0) is 6.54 Å². The quantitative estimate of drug-likeness (QED) is 0.684. The van der Waals surface area contributed by atoms with Crippen molar-refractivity contribution in [1.82, 2.24) is 5.32 Å². The first kappa shape index (κ1) is 16.0. The van der Waals surface area contributed by atoms with E-state index in [1.165, 1.54) is 0 Å². The van der Waals surface area contributed by atoms with Crippen molar-refractivity contribution in [1.29, 1.82) is 0 Å². The minimum absolute atomic E-state index is 0.00929. The summed E-state index contributed by atoms with van der Waals surface area (Å²) in [7, 11) is 0.